The Labute approximate surface area is 294 Å². The molecule has 2 aliphatic heterocycles. The molecule has 0 bridgehead atoms. The molecule has 0 aromatic heterocycles. The van der Waals surface area contributed by atoms with E-state index in [9.17, 15) is 14.7 Å². The van der Waals surface area contributed by atoms with Gasteiger partial charge in [-0.15, -0.1) is 0 Å². The van der Waals surface area contributed by atoms with Crippen molar-refractivity contribution in [2.75, 3.05) is 6.61 Å². The predicted molar refractivity (Wildman–Crippen MR) is 197 cm³/mol. The third-order valence-corrected chi connectivity index (χ3v) is 10.0. The van der Waals surface area contributed by atoms with Crippen LogP contribution in [0.4, 0.5) is 0 Å². The summed E-state index contributed by atoms with van der Waals surface area (Å²) in [6.45, 7) is 20.8. The number of nitrogens with zero attached hydrogens (tertiary/aromatic N) is 1. The maximum Gasteiger partial charge on any atom is 0.343 e. The summed E-state index contributed by atoms with van der Waals surface area (Å²) in [6.07, 6.45) is 2.00. The number of aliphatic imine (C=N–C) groups is 1. The van der Waals surface area contributed by atoms with Crippen molar-refractivity contribution in [3.05, 3.63) is 81.9 Å². The van der Waals surface area contributed by atoms with Gasteiger partial charge in [0.1, 0.15) is 35.2 Å². The number of amidine groups is 1. The van der Waals surface area contributed by atoms with Gasteiger partial charge in [-0.05, 0) is 90.0 Å². The predicted octanol–water partition coefficient (Wildman–Crippen LogP) is 8.17. The molecule has 8 nitrogen and oxygen atoms in total. The molecule has 9 heteroatoms. The Kier molecular flexibility index (Phi) is 9.67. The lowest BCUT2D eigenvalue weighted by molar-refractivity contribution is -0.117. The fourth-order valence-corrected chi connectivity index (χ4v) is 7.00. The molecule has 3 aromatic carbocycles. The molecule has 2 aliphatic rings. The zero-order chi connectivity index (χ0) is 36.1. The summed E-state index contributed by atoms with van der Waals surface area (Å²) in [7, 11) is 0. The standard InChI is InChI=1S/C40H50N2O6S/c1-37(2,3)27-21-30-24(20-31(27)47-35(45)25-18-28(38(4,5)6)33(43)29(19-25)39(7,8)9)15-16-40(10,48-30)22-46-26-13-11-23(12-14-26)17-32-34(44)42-36(41)49-32/h11-14,18-21,32,43H,15-17,22H2,1-10H3,(H2,41,42,44). The second-order valence-corrected chi connectivity index (χ2v) is 17.8. The third kappa shape index (κ3) is 8.26. The summed E-state index contributed by atoms with van der Waals surface area (Å²) in [4.78, 5) is 29.6. The lowest BCUT2D eigenvalue weighted by Gasteiger charge is -2.37. The Morgan fingerprint density at radius 3 is 2.08 bits per heavy atom. The van der Waals surface area contributed by atoms with E-state index in [1.807, 2.05) is 84.9 Å². The number of amides is 1. The molecule has 49 heavy (non-hydrogen) atoms. The summed E-state index contributed by atoms with van der Waals surface area (Å²) in [5.74, 6) is 1.55. The van der Waals surface area contributed by atoms with Gasteiger partial charge in [-0.1, -0.05) is 86.2 Å². The molecule has 2 heterocycles. The van der Waals surface area contributed by atoms with Crippen LogP contribution < -0.4 is 19.9 Å². The van der Waals surface area contributed by atoms with Crippen LogP contribution in [0.1, 0.15) is 114 Å². The first kappa shape index (κ1) is 36.3. The summed E-state index contributed by atoms with van der Waals surface area (Å²) in [5, 5.41) is 11.2. The number of nitrogens with two attached hydrogens (primary N) is 1. The highest BCUT2D eigenvalue weighted by atomic mass is 32.2. The van der Waals surface area contributed by atoms with E-state index in [4.69, 9.17) is 19.9 Å². The molecule has 2 unspecified atom stereocenters. The Morgan fingerprint density at radius 2 is 1.55 bits per heavy atom. The van der Waals surface area contributed by atoms with Crippen LogP contribution in [-0.2, 0) is 33.9 Å². The quantitative estimate of drug-likeness (QED) is 0.189. The Balaban J connectivity index is 1.33. The summed E-state index contributed by atoms with van der Waals surface area (Å²) < 4.78 is 19.0. The molecule has 0 fully saturated rings. The SMILES string of the molecule is CC1(COc2ccc(CC3SC(N)=NC3=O)cc2)CCc2cc(OC(=O)c3cc(C(C)(C)C)c(O)c(C(C)(C)C)c3)c(C(C)(C)C)cc2O1. The van der Waals surface area contributed by atoms with Crippen LogP contribution in [0, 0.1) is 0 Å². The van der Waals surface area contributed by atoms with Crippen molar-refractivity contribution in [2.45, 2.75) is 116 Å². The Morgan fingerprint density at radius 1 is 0.959 bits per heavy atom. The van der Waals surface area contributed by atoms with Crippen molar-refractivity contribution in [3.8, 4) is 23.0 Å². The summed E-state index contributed by atoms with van der Waals surface area (Å²) in [5.41, 5.74) is 8.69. The van der Waals surface area contributed by atoms with Crippen molar-refractivity contribution in [2.24, 2.45) is 10.7 Å². The van der Waals surface area contributed by atoms with E-state index in [2.05, 4.69) is 25.8 Å². The van der Waals surface area contributed by atoms with Gasteiger partial charge in [0.15, 0.2) is 5.17 Å². The van der Waals surface area contributed by atoms with Gasteiger partial charge in [-0.2, -0.15) is 4.99 Å². The van der Waals surface area contributed by atoms with Crippen LogP contribution in [0.15, 0.2) is 53.5 Å². The van der Waals surface area contributed by atoms with E-state index in [1.54, 1.807) is 12.1 Å². The van der Waals surface area contributed by atoms with Crippen LogP contribution in [0.5, 0.6) is 23.0 Å². The zero-order valence-electron chi connectivity index (χ0n) is 30.4. The highest BCUT2D eigenvalue weighted by Gasteiger charge is 2.36. The fraction of sp³-hybridized carbons (Fsp3) is 0.475. The van der Waals surface area contributed by atoms with Crippen molar-refractivity contribution in [1.82, 2.24) is 0 Å². The molecule has 262 valence electrons. The average Bonchev–Trinajstić information content (AvgIpc) is 3.30. The number of phenols is 1. The number of esters is 1. The van der Waals surface area contributed by atoms with E-state index in [0.717, 1.165) is 34.6 Å². The number of fused-ring (bicyclic) bond motifs is 1. The number of aryl methyl sites for hydroxylation is 1. The van der Waals surface area contributed by atoms with Crippen LogP contribution >= 0.6 is 11.8 Å². The number of ether oxygens (including phenoxy) is 3. The topological polar surface area (TPSA) is 120 Å². The zero-order valence-corrected chi connectivity index (χ0v) is 31.3. The molecule has 0 saturated carbocycles. The lowest BCUT2D eigenvalue weighted by Crippen LogP contribution is -2.42. The number of carbonyl (C=O) groups is 2. The molecule has 3 aromatic rings. The van der Waals surface area contributed by atoms with Crippen LogP contribution in [0.3, 0.4) is 0 Å². The second kappa shape index (κ2) is 13.0. The molecular weight excluding hydrogens is 637 g/mol. The minimum absolute atomic E-state index is 0.188. The summed E-state index contributed by atoms with van der Waals surface area (Å²) in [6, 6.07) is 15.2. The number of phenolic OH excluding ortho intramolecular Hbond substituents is 1. The van der Waals surface area contributed by atoms with Crippen LogP contribution in [0.2, 0.25) is 0 Å². The first-order valence-electron chi connectivity index (χ1n) is 16.9. The minimum Gasteiger partial charge on any atom is -0.507 e. The first-order valence-corrected chi connectivity index (χ1v) is 17.7. The number of hydrogen-bond acceptors (Lipinski definition) is 8. The maximum atomic E-state index is 13.8. The van der Waals surface area contributed by atoms with Gasteiger partial charge < -0.3 is 25.1 Å². The molecule has 1 amide bonds. The van der Waals surface area contributed by atoms with Gasteiger partial charge in [0.25, 0.3) is 5.91 Å². The van der Waals surface area contributed by atoms with Crippen LogP contribution in [0.25, 0.3) is 0 Å². The van der Waals surface area contributed by atoms with Gasteiger partial charge >= 0.3 is 5.97 Å². The summed E-state index contributed by atoms with van der Waals surface area (Å²) >= 11 is 1.30. The van der Waals surface area contributed by atoms with E-state index >= 15 is 0 Å². The maximum absolute atomic E-state index is 13.8. The average molecular weight is 687 g/mol. The van der Waals surface area contributed by atoms with Crippen molar-refractivity contribution in [1.29, 1.82) is 0 Å². The normalized spacial score (nSPS) is 19.6. The van der Waals surface area contributed by atoms with Gasteiger partial charge in [0.2, 0.25) is 0 Å². The number of hydrogen-bond donors (Lipinski definition) is 2. The number of carbonyl (C=O) groups excluding carboxylic acids is 2. The number of aromatic hydroxyl groups is 1. The van der Waals surface area contributed by atoms with E-state index in [-0.39, 0.29) is 33.2 Å². The molecule has 0 spiro atoms. The van der Waals surface area contributed by atoms with Crippen molar-refractivity contribution >= 4 is 28.8 Å². The van der Waals surface area contributed by atoms with Crippen molar-refractivity contribution < 1.29 is 28.9 Å². The van der Waals surface area contributed by atoms with E-state index in [1.165, 1.54) is 11.8 Å². The molecule has 5 rings (SSSR count). The molecule has 3 N–H and O–H groups in total. The Hall–Kier alpha value is -3.98. The van der Waals surface area contributed by atoms with Crippen molar-refractivity contribution in [3.63, 3.8) is 0 Å². The highest BCUT2D eigenvalue weighted by Crippen LogP contribution is 2.43. The monoisotopic (exact) mass is 686 g/mol. The third-order valence-electron chi connectivity index (χ3n) is 9.06. The lowest BCUT2D eigenvalue weighted by atomic mass is 9.78. The Bertz CT molecular complexity index is 1760. The second-order valence-electron chi connectivity index (χ2n) is 16.6. The largest absolute Gasteiger partial charge is 0.507 e. The van der Waals surface area contributed by atoms with E-state index in [0.29, 0.717) is 47.1 Å². The molecule has 0 saturated heterocycles. The van der Waals surface area contributed by atoms with Gasteiger partial charge in [0, 0.05) is 16.7 Å². The molecule has 0 radical (unpaired) electrons. The first-order chi connectivity index (χ1) is 22.6. The molecular formula is C40H50N2O6S. The van der Waals surface area contributed by atoms with E-state index < -0.39 is 11.6 Å². The minimum atomic E-state index is -0.570. The number of thioether (sulfide) groups is 1. The highest BCUT2D eigenvalue weighted by molar-refractivity contribution is 8.15. The van der Waals surface area contributed by atoms with Gasteiger partial charge in [-0.25, -0.2) is 4.79 Å². The fourth-order valence-electron chi connectivity index (χ4n) is 6.14. The van der Waals surface area contributed by atoms with Gasteiger partial charge in [-0.3, -0.25) is 4.79 Å². The molecule has 0 aliphatic carbocycles. The smallest absolute Gasteiger partial charge is 0.343 e. The number of rotatable bonds is 7. The van der Waals surface area contributed by atoms with Crippen LogP contribution in [-0.4, -0.2) is 39.6 Å². The number of benzene rings is 3. The van der Waals surface area contributed by atoms with Gasteiger partial charge in [0.05, 0.1) is 10.8 Å². The molecule has 2 atom stereocenters.